The molecule has 1 amide bonds. The molecule has 11 nitrogen and oxygen atoms in total. The van der Waals surface area contributed by atoms with Gasteiger partial charge in [-0.2, -0.15) is 0 Å². The van der Waals surface area contributed by atoms with E-state index in [0.717, 1.165) is 51.4 Å². The highest BCUT2D eigenvalue weighted by atomic mass is 16.7. The van der Waals surface area contributed by atoms with Gasteiger partial charge in [0.2, 0.25) is 5.91 Å². The zero-order chi connectivity index (χ0) is 46.2. The van der Waals surface area contributed by atoms with Gasteiger partial charge in [-0.25, -0.2) is 0 Å². The van der Waals surface area contributed by atoms with E-state index >= 15 is 0 Å². The predicted molar refractivity (Wildman–Crippen MR) is 256 cm³/mol. The first kappa shape index (κ1) is 59.6. The van der Waals surface area contributed by atoms with Gasteiger partial charge >= 0.3 is 0 Å². The fourth-order valence-electron chi connectivity index (χ4n) is 8.38. The molecule has 0 radical (unpaired) electrons. The van der Waals surface area contributed by atoms with Crippen LogP contribution in [-0.4, -0.2) is 110 Å². The molecule has 0 bridgehead atoms. The molecule has 1 fully saturated rings. The maximum Gasteiger partial charge on any atom is 0.249 e. The highest BCUT2D eigenvalue weighted by molar-refractivity contribution is 5.80. The summed E-state index contributed by atoms with van der Waals surface area (Å²) in [4.78, 5) is 13.1. The van der Waals surface area contributed by atoms with Crippen LogP contribution in [-0.2, 0) is 14.3 Å². The number of aliphatic hydroxyl groups excluding tert-OH is 7. The van der Waals surface area contributed by atoms with E-state index in [1.54, 1.807) is 0 Å². The molecule has 9 atom stereocenters. The number of carbonyl (C=O) groups excluding carboxylic acids is 1. The molecule has 0 saturated carbocycles. The van der Waals surface area contributed by atoms with Crippen molar-refractivity contribution in [3.63, 3.8) is 0 Å². The molecule has 1 rings (SSSR count). The summed E-state index contributed by atoms with van der Waals surface area (Å²) in [7, 11) is 0. The van der Waals surface area contributed by atoms with Crippen molar-refractivity contribution in [2.75, 3.05) is 13.2 Å². The van der Waals surface area contributed by atoms with Gasteiger partial charge < -0.3 is 50.5 Å². The number of carbonyl (C=O) groups is 1. The molecular formula is C52H99NO10. The van der Waals surface area contributed by atoms with E-state index < -0.39 is 74.2 Å². The van der Waals surface area contributed by atoms with Gasteiger partial charge in [-0.05, 0) is 64.2 Å². The number of amides is 1. The molecule has 0 aromatic heterocycles. The van der Waals surface area contributed by atoms with Crippen LogP contribution in [0.3, 0.4) is 0 Å². The van der Waals surface area contributed by atoms with Crippen LogP contribution in [0.1, 0.15) is 232 Å². The second-order valence-corrected chi connectivity index (χ2v) is 18.6. The zero-order valence-corrected chi connectivity index (χ0v) is 40.3. The Balaban J connectivity index is 2.33. The van der Waals surface area contributed by atoms with Gasteiger partial charge in [0.25, 0.3) is 0 Å². The van der Waals surface area contributed by atoms with Gasteiger partial charge in [0.05, 0.1) is 25.4 Å². The maximum atomic E-state index is 13.1. The highest BCUT2D eigenvalue weighted by Crippen LogP contribution is 2.23. The molecule has 1 heterocycles. The fourth-order valence-corrected chi connectivity index (χ4v) is 8.38. The Morgan fingerprint density at radius 3 is 1.40 bits per heavy atom. The molecular weight excluding hydrogens is 799 g/mol. The van der Waals surface area contributed by atoms with Gasteiger partial charge in [0.15, 0.2) is 6.29 Å². The van der Waals surface area contributed by atoms with Crippen molar-refractivity contribution in [2.45, 2.75) is 287 Å². The minimum Gasteiger partial charge on any atom is -0.394 e. The fraction of sp³-hybridized carbons (Fsp3) is 0.904. The quantitative estimate of drug-likeness (QED) is 0.0216. The molecule has 0 aliphatic carbocycles. The second kappa shape index (κ2) is 42.0. The predicted octanol–water partition coefficient (Wildman–Crippen LogP) is 9.79. The SMILES string of the molecule is CCCCC/C=C\CCCCCCC(O)C(=O)NC(COC1OC(CO)C(O)C(O)C1O)C(O)C(O)CCC/C=C/CCCCCCCCCCCCCCCCCCCCCC. The number of allylic oxidation sites excluding steroid dienone is 4. The summed E-state index contributed by atoms with van der Waals surface area (Å²) in [6.45, 7) is 3.40. The van der Waals surface area contributed by atoms with Crippen molar-refractivity contribution in [1.82, 2.24) is 5.32 Å². The molecule has 63 heavy (non-hydrogen) atoms. The Kier molecular flexibility index (Phi) is 39.7. The van der Waals surface area contributed by atoms with Crippen molar-refractivity contribution in [3.8, 4) is 0 Å². The summed E-state index contributed by atoms with van der Waals surface area (Å²) in [5.41, 5.74) is 0. The van der Waals surface area contributed by atoms with Crippen molar-refractivity contribution in [2.24, 2.45) is 0 Å². The molecule has 0 aromatic carbocycles. The van der Waals surface area contributed by atoms with Crippen LogP contribution in [0.2, 0.25) is 0 Å². The lowest BCUT2D eigenvalue weighted by Gasteiger charge is -2.40. The minimum absolute atomic E-state index is 0.240. The van der Waals surface area contributed by atoms with E-state index in [1.807, 2.05) is 0 Å². The van der Waals surface area contributed by atoms with E-state index in [4.69, 9.17) is 9.47 Å². The van der Waals surface area contributed by atoms with E-state index in [1.165, 1.54) is 141 Å². The summed E-state index contributed by atoms with van der Waals surface area (Å²) >= 11 is 0. The minimum atomic E-state index is -1.67. The van der Waals surface area contributed by atoms with Crippen LogP contribution in [0.25, 0.3) is 0 Å². The van der Waals surface area contributed by atoms with Gasteiger partial charge in [-0.1, -0.05) is 192 Å². The maximum absolute atomic E-state index is 13.1. The molecule has 0 aromatic rings. The number of rotatable bonds is 44. The van der Waals surface area contributed by atoms with Gasteiger partial charge in [0, 0.05) is 0 Å². The number of hydrogen-bond donors (Lipinski definition) is 8. The van der Waals surface area contributed by atoms with E-state index in [-0.39, 0.29) is 12.8 Å². The Hall–Kier alpha value is -1.41. The van der Waals surface area contributed by atoms with Crippen LogP contribution in [0, 0.1) is 0 Å². The van der Waals surface area contributed by atoms with Crippen LogP contribution in [0.4, 0.5) is 0 Å². The summed E-state index contributed by atoms with van der Waals surface area (Å²) in [5.74, 6) is -0.716. The standard InChI is InChI=1S/C52H99NO10/c1-3-5-7-9-11-13-15-16-17-18-19-20-21-22-23-24-25-26-27-28-30-31-33-35-37-39-44(55)47(57)43(42-62-52-50(60)49(59)48(58)46(41-54)63-52)53-51(61)45(56)40-38-36-34-32-29-14-12-10-8-6-4-2/h12,14,31,33,43-50,52,54-60H,3-11,13,15-30,32,34-42H2,1-2H3,(H,53,61)/b14-12-,33-31+. The van der Waals surface area contributed by atoms with Crippen molar-refractivity contribution >= 4 is 5.91 Å². The molecule has 1 aliphatic heterocycles. The van der Waals surface area contributed by atoms with Crippen LogP contribution < -0.4 is 5.32 Å². The number of ether oxygens (including phenoxy) is 2. The van der Waals surface area contributed by atoms with Crippen molar-refractivity contribution in [3.05, 3.63) is 24.3 Å². The van der Waals surface area contributed by atoms with Gasteiger partial charge in [-0.3, -0.25) is 4.79 Å². The van der Waals surface area contributed by atoms with Gasteiger partial charge in [0.1, 0.15) is 36.6 Å². The van der Waals surface area contributed by atoms with Crippen LogP contribution >= 0.6 is 0 Å². The van der Waals surface area contributed by atoms with E-state index in [2.05, 4.69) is 43.5 Å². The zero-order valence-electron chi connectivity index (χ0n) is 40.3. The Morgan fingerprint density at radius 1 is 0.540 bits per heavy atom. The molecule has 1 aliphatic rings. The first-order valence-corrected chi connectivity index (χ1v) is 26.2. The summed E-state index contributed by atoms with van der Waals surface area (Å²) < 4.78 is 11.1. The first-order valence-electron chi connectivity index (χ1n) is 26.2. The lowest BCUT2D eigenvalue weighted by molar-refractivity contribution is -0.303. The molecule has 9 unspecified atom stereocenters. The molecule has 372 valence electrons. The van der Waals surface area contributed by atoms with Gasteiger partial charge in [-0.15, -0.1) is 0 Å². The summed E-state index contributed by atoms with van der Waals surface area (Å²) in [6.07, 6.45) is 36.8. The van der Waals surface area contributed by atoms with E-state index in [0.29, 0.717) is 12.8 Å². The molecule has 8 N–H and O–H groups in total. The lowest BCUT2D eigenvalue weighted by Crippen LogP contribution is -2.60. The number of hydrogen-bond acceptors (Lipinski definition) is 10. The largest absolute Gasteiger partial charge is 0.394 e. The highest BCUT2D eigenvalue weighted by Gasteiger charge is 2.44. The Morgan fingerprint density at radius 2 is 0.937 bits per heavy atom. The topological polar surface area (TPSA) is 189 Å². The van der Waals surface area contributed by atoms with Crippen molar-refractivity contribution < 1.29 is 50.0 Å². The number of nitrogens with one attached hydrogen (secondary N) is 1. The Bertz CT molecular complexity index is 1080. The molecule has 11 heteroatoms. The average molecular weight is 898 g/mol. The third-order valence-corrected chi connectivity index (χ3v) is 12.7. The first-order chi connectivity index (χ1) is 30.7. The third kappa shape index (κ3) is 31.2. The van der Waals surface area contributed by atoms with Crippen LogP contribution in [0.15, 0.2) is 24.3 Å². The summed E-state index contributed by atoms with van der Waals surface area (Å²) in [5, 5.41) is 75.7. The Labute approximate surface area is 384 Å². The molecule has 0 spiro atoms. The number of unbranched alkanes of at least 4 members (excludes halogenated alkanes) is 28. The summed E-state index contributed by atoms with van der Waals surface area (Å²) in [6, 6.07) is -1.19. The monoisotopic (exact) mass is 898 g/mol. The number of aliphatic hydroxyl groups is 7. The normalized spacial score (nSPS) is 21.3. The third-order valence-electron chi connectivity index (χ3n) is 12.7. The van der Waals surface area contributed by atoms with E-state index in [9.17, 15) is 40.5 Å². The average Bonchev–Trinajstić information content (AvgIpc) is 3.28. The lowest BCUT2D eigenvalue weighted by atomic mass is 9.98. The van der Waals surface area contributed by atoms with Crippen LogP contribution in [0.5, 0.6) is 0 Å². The molecule has 1 saturated heterocycles. The smallest absolute Gasteiger partial charge is 0.249 e. The second-order valence-electron chi connectivity index (χ2n) is 18.6. The van der Waals surface area contributed by atoms with Crippen molar-refractivity contribution in [1.29, 1.82) is 0 Å².